The van der Waals surface area contributed by atoms with Crippen LogP contribution in [-0.4, -0.2) is 30.1 Å². The van der Waals surface area contributed by atoms with E-state index in [-0.39, 0.29) is 18.6 Å². The fourth-order valence-electron chi connectivity index (χ4n) is 3.92. The van der Waals surface area contributed by atoms with E-state index in [0.717, 1.165) is 19.3 Å². The van der Waals surface area contributed by atoms with Crippen LogP contribution in [0.3, 0.4) is 0 Å². The monoisotopic (exact) mass is 378 g/mol. The number of carbonyl (C=O) groups excluding carboxylic acids is 1. The normalized spacial score (nSPS) is 15.9. The topological polar surface area (TPSA) is 63.4 Å². The van der Waals surface area contributed by atoms with Gasteiger partial charge >= 0.3 is 0 Å². The molecule has 0 bridgehead atoms. The first kappa shape index (κ1) is 18.4. The Kier molecular flexibility index (Phi) is 5.24. The number of aryl methyl sites for hydroxylation is 2. The molecule has 0 fully saturated rings. The molecule has 5 heteroatoms. The van der Waals surface area contributed by atoms with Gasteiger partial charge in [-0.2, -0.15) is 0 Å². The molecule has 2 N–H and O–H groups in total. The minimum absolute atomic E-state index is 0.0145. The lowest BCUT2D eigenvalue weighted by Gasteiger charge is -2.23. The molecule has 0 spiro atoms. The standard InChI is InChI=1S/C23H26N2O3/c1-3-27-21-6-4-5-7-22(21)28-14-23(26)24-16-9-10-17-18-12-15(2)8-11-19(18)25-20(17)13-16/h4-8,11-12,16,25H,3,9-10,13-14H2,1-2H3,(H,24,26). The highest BCUT2D eigenvalue weighted by molar-refractivity contribution is 5.86. The third kappa shape index (κ3) is 3.84. The fraction of sp³-hybridized carbons (Fsp3) is 0.348. The van der Waals surface area contributed by atoms with E-state index >= 15 is 0 Å². The van der Waals surface area contributed by atoms with E-state index < -0.39 is 0 Å². The van der Waals surface area contributed by atoms with Gasteiger partial charge in [-0.25, -0.2) is 0 Å². The average Bonchev–Trinajstić information content (AvgIpc) is 3.04. The molecule has 4 rings (SSSR count). The Hall–Kier alpha value is -2.95. The summed E-state index contributed by atoms with van der Waals surface area (Å²) in [6.45, 7) is 4.58. The van der Waals surface area contributed by atoms with Crippen LogP contribution in [0.5, 0.6) is 11.5 Å². The highest BCUT2D eigenvalue weighted by Crippen LogP contribution is 2.30. The van der Waals surface area contributed by atoms with Crippen molar-refractivity contribution in [2.45, 2.75) is 39.2 Å². The van der Waals surface area contributed by atoms with E-state index in [2.05, 4.69) is 35.4 Å². The van der Waals surface area contributed by atoms with E-state index in [0.29, 0.717) is 18.1 Å². The van der Waals surface area contributed by atoms with Gasteiger partial charge in [0.25, 0.3) is 5.91 Å². The fourth-order valence-corrected chi connectivity index (χ4v) is 3.92. The van der Waals surface area contributed by atoms with Crippen molar-refractivity contribution < 1.29 is 14.3 Å². The quantitative estimate of drug-likeness (QED) is 0.683. The molecule has 28 heavy (non-hydrogen) atoms. The number of fused-ring (bicyclic) bond motifs is 3. The third-order valence-electron chi connectivity index (χ3n) is 5.22. The van der Waals surface area contributed by atoms with Crippen molar-refractivity contribution in [1.82, 2.24) is 10.3 Å². The van der Waals surface area contributed by atoms with Crippen LogP contribution in [0.25, 0.3) is 10.9 Å². The minimum Gasteiger partial charge on any atom is -0.490 e. The lowest BCUT2D eigenvalue weighted by atomic mass is 9.91. The molecule has 1 aliphatic carbocycles. The van der Waals surface area contributed by atoms with Gasteiger partial charge in [0.1, 0.15) is 0 Å². The molecule has 3 aromatic rings. The summed E-state index contributed by atoms with van der Waals surface area (Å²) in [6.07, 6.45) is 2.73. The lowest BCUT2D eigenvalue weighted by Crippen LogP contribution is -2.41. The van der Waals surface area contributed by atoms with E-state index in [1.165, 1.54) is 27.7 Å². The van der Waals surface area contributed by atoms with Crippen LogP contribution < -0.4 is 14.8 Å². The average molecular weight is 378 g/mol. The van der Waals surface area contributed by atoms with Gasteiger partial charge in [0, 0.05) is 29.1 Å². The Bertz CT molecular complexity index is 993. The number of aromatic amines is 1. The number of hydrogen-bond acceptors (Lipinski definition) is 3. The second-order valence-electron chi connectivity index (χ2n) is 7.31. The van der Waals surface area contributed by atoms with E-state index in [1.54, 1.807) is 0 Å². The Morgan fingerprint density at radius 1 is 1.18 bits per heavy atom. The lowest BCUT2D eigenvalue weighted by molar-refractivity contribution is -0.123. The largest absolute Gasteiger partial charge is 0.490 e. The molecule has 1 amide bonds. The molecule has 1 aromatic heterocycles. The van der Waals surface area contributed by atoms with Gasteiger partial charge in [-0.15, -0.1) is 0 Å². The number of para-hydroxylation sites is 2. The summed E-state index contributed by atoms with van der Waals surface area (Å²) in [5.41, 5.74) is 5.08. The third-order valence-corrected chi connectivity index (χ3v) is 5.22. The van der Waals surface area contributed by atoms with Crippen molar-refractivity contribution in [2.24, 2.45) is 0 Å². The second kappa shape index (κ2) is 7.97. The number of amides is 1. The van der Waals surface area contributed by atoms with Gasteiger partial charge in [-0.1, -0.05) is 23.8 Å². The number of rotatable bonds is 6. The number of nitrogens with one attached hydrogen (secondary N) is 2. The van der Waals surface area contributed by atoms with Crippen molar-refractivity contribution >= 4 is 16.8 Å². The van der Waals surface area contributed by atoms with Gasteiger partial charge in [-0.05, 0) is 56.5 Å². The number of ether oxygens (including phenoxy) is 2. The number of benzene rings is 2. The highest BCUT2D eigenvalue weighted by Gasteiger charge is 2.23. The van der Waals surface area contributed by atoms with Crippen molar-refractivity contribution in [2.75, 3.05) is 13.2 Å². The molecule has 1 unspecified atom stereocenters. The van der Waals surface area contributed by atoms with E-state index in [9.17, 15) is 4.79 Å². The number of carbonyl (C=O) groups is 1. The van der Waals surface area contributed by atoms with Crippen molar-refractivity contribution in [3.63, 3.8) is 0 Å². The second-order valence-corrected chi connectivity index (χ2v) is 7.31. The minimum atomic E-state index is -0.105. The molecule has 0 aliphatic heterocycles. The Labute approximate surface area is 165 Å². The molecule has 0 saturated carbocycles. The molecule has 1 atom stereocenters. The van der Waals surface area contributed by atoms with Gasteiger partial charge in [-0.3, -0.25) is 4.79 Å². The summed E-state index contributed by atoms with van der Waals surface area (Å²) in [5.74, 6) is 1.15. The number of aromatic nitrogens is 1. The molecule has 1 heterocycles. The van der Waals surface area contributed by atoms with E-state index in [1.807, 2.05) is 31.2 Å². The smallest absolute Gasteiger partial charge is 0.258 e. The molecular weight excluding hydrogens is 352 g/mol. The molecular formula is C23H26N2O3. The van der Waals surface area contributed by atoms with Crippen molar-refractivity contribution in [3.05, 3.63) is 59.3 Å². The maximum absolute atomic E-state index is 12.4. The SMILES string of the molecule is CCOc1ccccc1OCC(=O)NC1CCc2c([nH]c3ccc(C)cc23)C1. The van der Waals surface area contributed by atoms with Crippen LogP contribution in [0.15, 0.2) is 42.5 Å². The number of H-pyrrole nitrogens is 1. The predicted octanol–water partition coefficient (Wildman–Crippen LogP) is 3.93. The summed E-state index contributed by atoms with van der Waals surface area (Å²) in [4.78, 5) is 15.9. The van der Waals surface area contributed by atoms with Crippen LogP contribution in [0.4, 0.5) is 0 Å². The summed E-state index contributed by atoms with van der Waals surface area (Å²) in [7, 11) is 0. The zero-order valence-electron chi connectivity index (χ0n) is 16.4. The van der Waals surface area contributed by atoms with Crippen molar-refractivity contribution in [3.8, 4) is 11.5 Å². The highest BCUT2D eigenvalue weighted by atomic mass is 16.5. The molecule has 0 radical (unpaired) electrons. The maximum Gasteiger partial charge on any atom is 0.258 e. The van der Waals surface area contributed by atoms with Gasteiger partial charge in [0.05, 0.1) is 6.61 Å². The van der Waals surface area contributed by atoms with Crippen LogP contribution in [0.2, 0.25) is 0 Å². The van der Waals surface area contributed by atoms with Crippen molar-refractivity contribution in [1.29, 1.82) is 0 Å². The summed E-state index contributed by atoms with van der Waals surface area (Å²) in [6, 6.07) is 14.1. The molecule has 0 saturated heterocycles. The summed E-state index contributed by atoms with van der Waals surface area (Å²) in [5, 5.41) is 4.43. The molecule has 5 nitrogen and oxygen atoms in total. The Balaban J connectivity index is 1.37. The zero-order valence-corrected chi connectivity index (χ0v) is 16.4. The molecule has 1 aliphatic rings. The molecule has 146 valence electrons. The van der Waals surface area contributed by atoms with E-state index in [4.69, 9.17) is 9.47 Å². The van der Waals surface area contributed by atoms with Gasteiger partial charge in [0.2, 0.25) is 0 Å². The first-order chi connectivity index (χ1) is 13.6. The van der Waals surface area contributed by atoms with Crippen LogP contribution in [0.1, 0.15) is 30.2 Å². The Morgan fingerprint density at radius 3 is 2.75 bits per heavy atom. The van der Waals surface area contributed by atoms with Crippen LogP contribution in [0, 0.1) is 6.92 Å². The van der Waals surface area contributed by atoms with Crippen LogP contribution >= 0.6 is 0 Å². The summed E-state index contributed by atoms with van der Waals surface area (Å²) >= 11 is 0. The summed E-state index contributed by atoms with van der Waals surface area (Å²) < 4.78 is 11.2. The first-order valence-electron chi connectivity index (χ1n) is 9.88. The zero-order chi connectivity index (χ0) is 19.5. The number of hydrogen-bond donors (Lipinski definition) is 2. The Morgan fingerprint density at radius 2 is 1.96 bits per heavy atom. The predicted molar refractivity (Wildman–Crippen MR) is 110 cm³/mol. The first-order valence-corrected chi connectivity index (χ1v) is 9.88. The maximum atomic E-state index is 12.4. The van der Waals surface area contributed by atoms with Gasteiger partial charge < -0.3 is 19.8 Å². The van der Waals surface area contributed by atoms with Gasteiger partial charge in [0.15, 0.2) is 18.1 Å². The van der Waals surface area contributed by atoms with Crippen LogP contribution in [-0.2, 0) is 17.6 Å². The molecule has 2 aromatic carbocycles.